The first-order valence-corrected chi connectivity index (χ1v) is 13.5. The van der Waals surface area contributed by atoms with Gasteiger partial charge in [-0.05, 0) is 75.5 Å². The lowest BCUT2D eigenvalue weighted by Gasteiger charge is -2.44. The Labute approximate surface area is 226 Å². The number of nitrogens with one attached hydrogen (secondary N) is 2. The smallest absolute Gasteiger partial charge is 0.0620 e. The molecule has 0 aromatic heterocycles. The van der Waals surface area contributed by atoms with Crippen LogP contribution in [0.2, 0.25) is 0 Å². The molecule has 2 heteroatoms. The number of fused-ring (bicyclic) bond motifs is 3. The fourth-order valence-corrected chi connectivity index (χ4v) is 6.50. The number of hydrogen-bond donors (Lipinski definition) is 2. The van der Waals surface area contributed by atoms with Crippen LogP contribution in [0.5, 0.6) is 0 Å². The summed E-state index contributed by atoms with van der Waals surface area (Å²) in [7, 11) is 1.96. The van der Waals surface area contributed by atoms with Crippen molar-refractivity contribution in [1.29, 1.82) is 0 Å². The molecular weight excluding hydrogens is 460 g/mol. The molecule has 0 saturated heterocycles. The standard InChI is InChI=1S/C36H36N2/c1-23-21-27(25-13-7-8-14-26(25)34(23)38-33-18-12-11-17-32(33)37-6)24-19-20-30-31(22-24)36(4,5)29-16-10-9-15-28(29)35(30,2)3/h7-22,37-38H,1-6H3. The molecule has 1 aliphatic carbocycles. The zero-order valence-electron chi connectivity index (χ0n) is 23.2. The number of aryl methyl sites for hydroxylation is 1. The molecule has 0 spiro atoms. The van der Waals surface area contributed by atoms with Crippen molar-refractivity contribution in [2.45, 2.75) is 45.4 Å². The van der Waals surface area contributed by atoms with Gasteiger partial charge >= 0.3 is 0 Å². The zero-order valence-corrected chi connectivity index (χ0v) is 23.2. The quantitative estimate of drug-likeness (QED) is 0.259. The molecule has 0 saturated carbocycles. The van der Waals surface area contributed by atoms with Crippen LogP contribution in [0.3, 0.4) is 0 Å². The second-order valence-corrected chi connectivity index (χ2v) is 11.6. The molecule has 190 valence electrons. The third-order valence-corrected chi connectivity index (χ3v) is 8.65. The molecule has 0 atom stereocenters. The molecule has 1 aliphatic rings. The molecule has 0 unspecified atom stereocenters. The maximum atomic E-state index is 3.74. The van der Waals surface area contributed by atoms with E-state index < -0.39 is 0 Å². The van der Waals surface area contributed by atoms with Crippen LogP contribution >= 0.6 is 0 Å². The minimum absolute atomic E-state index is 0.0353. The first-order valence-electron chi connectivity index (χ1n) is 13.5. The summed E-state index contributed by atoms with van der Waals surface area (Å²) >= 11 is 0. The molecule has 0 bridgehead atoms. The van der Waals surface area contributed by atoms with E-state index in [1.807, 2.05) is 7.05 Å². The van der Waals surface area contributed by atoms with E-state index in [0.717, 1.165) is 17.1 Å². The van der Waals surface area contributed by atoms with E-state index in [9.17, 15) is 0 Å². The monoisotopic (exact) mass is 496 g/mol. The predicted octanol–water partition coefficient (Wildman–Crippen LogP) is 9.57. The summed E-state index contributed by atoms with van der Waals surface area (Å²) in [5, 5.41) is 9.54. The van der Waals surface area contributed by atoms with Crippen molar-refractivity contribution in [3.8, 4) is 11.1 Å². The fraction of sp³-hybridized carbons (Fsp3) is 0.222. The summed E-state index contributed by atoms with van der Waals surface area (Å²) in [6.45, 7) is 11.7. The third-order valence-electron chi connectivity index (χ3n) is 8.65. The highest BCUT2D eigenvalue weighted by molar-refractivity contribution is 6.06. The lowest BCUT2D eigenvalue weighted by Crippen LogP contribution is -2.36. The van der Waals surface area contributed by atoms with Crippen LogP contribution in [-0.2, 0) is 10.8 Å². The Balaban J connectivity index is 1.53. The Bertz CT molecular complexity index is 1690. The molecule has 0 heterocycles. The average Bonchev–Trinajstić information content (AvgIpc) is 2.93. The molecule has 38 heavy (non-hydrogen) atoms. The number of hydrogen-bond acceptors (Lipinski definition) is 2. The number of rotatable bonds is 4. The summed E-state index contributed by atoms with van der Waals surface area (Å²) in [5.74, 6) is 0. The zero-order chi connectivity index (χ0) is 26.7. The van der Waals surface area contributed by atoms with Gasteiger partial charge in [-0.2, -0.15) is 0 Å². The minimum atomic E-state index is -0.0688. The highest BCUT2D eigenvalue weighted by Crippen LogP contribution is 2.51. The Morgan fingerprint density at radius 1 is 0.553 bits per heavy atom. The van der Waals surface area contributed by atoms with Crippen LogP contribution in [0, 0.1) is 6.92 Å². The Kier molecular flexibility index (Phi) is 5.61. The molecule has 0 radical (unpaired) electrons. The fourth-order valence-electron chi connectivity index (χ4n) is 6.50. The van der Waals surface area contributed by atoms with Crippen molar-refractivity contribution >= 4 is 27.8 Å². The second kappa shape index (κ2) is 8.77. The van der Waals surface area contributed by atoms with Gasteiger partial charge in [-0.15, -0.1) is 0 Å². The van der Waals surface area contributed by atoms with Crippen molar-refractivity contribution in [3.63, 3.8) is 0 Å². The van der Waals surface area contributed by atoms with E-state index >= 15 is 0 Å². The number of benzene rings is 5. The third kappa shape index (κ3) is 3.62. The summed E-state index contributed by atoms with van der Waals surface area (Å²) < 4.78 is 0. The molecule has 2 N–H and O–H groups in total. The van der Waals surface area contributed by atoms with Crippen molar-refractivity contribution in [1.82, 2.24) is 0 Å². The van der Waals surface area contributed by atoms with Gasteiger partial charge in [-0.1, -0.05) is 100 Å². The van der Waals surface area contributed by atoms with Crippen LogP contribution < -0.4 is 10.6 Å². The van der Waals surface area contributed by atoms with Crippen LogP contribution in [-0.4, -0.2) is 7.05 Å². The highest BCUT2D eigenvalue weighted by atomic mass is 14.9. The molecule has 0 amide bonds. The normalized spacial score (nSPS) is 15.0. The van der Waals surface area contributed by atoms with Crippen molar-refractivity contribution in [2.75, 3.05) is 17.7 Å². The van der Waals surface area contributed by atoms with Gasteiger partial charge in [-0.3, -0.25) is 0 Å². The van der Waals surface area contributed by atoms with Crippen LogP contribution in [0.4, 0.5) is 17.1 Å². The van der Waals surface area contributed by atoms with E-state index in [4.69, 9.17) is 0 Å². The largest absolute Gasteiger partial charge is 0.386 e. The van der Waals surface area contributed by atoms with Gasteiger partial charge < -0.3 is 10.6 Å². The maximum Gasteiger partial charge on any atom is 0.0620 e. The second-order valence-electron chi connectivity index (χ2n) is 11.6. The van der Waals surface area contributed by atoms with Gasteiger partial charge in [0.25, 0.3) is 0 Å². The number of para-hydroxylation sites is 2. The van der Waals surface area contributed by atoms with Crippen molar-refractivity contribution in [3.05, 3.63) is 125 Å². The Hall–Kier alpha value is -4.04. The summed E-state index contributed by atoms with van der Waals surface area (Å²) in [6, 6.07) is 35.6. The van der Waals surface area contributed by atoms with E-state index in [-0.39, 0.29) is 10.8 Å². The first kappa shape index (κ1) is 24.3. The van der Waals surface area contributed by atoms with E-state index in [1.165, 1.54) is 49.7 Å². The van der Waals surface area contributed by atoms with E-state index in [2.05, 4.69) is 142 Å². The highest BCUT2D eigenvalue weighted by Gasteiger charge is 2.41. The van der Waals surface area contributed by atoms with E-state index in [0.29, 0.717) is 0 Å². The lowest BCUT2D eigenvalue weighted by molar-refractivity contribution is 0.521. The molecular formula is C36H36N2. The molecule has 0 aliphatic heterocycles. The average molecular weight is 497 g/mol. The predicted molar refractivity (Wildman–Crippen MR) is 164 cm³/mol. The summed E-state index contributed by atoms with van der Waals surface area (Å²) in [6.07, 6.45) is 0. The number of anilines is 3. The van der Waals surface area contributed by atoms with Crippen LogP contribution in [0.25, 0.3) is 21.9 Å². The van der Waals surface area contributed by atoms with Crippen LogP contribution in [0.15, 0.2) is 97.1 Å². The Morgan fingerprint density at radius 2 is 1.11 bits per heavy atom. The summed E-state index contributed by atoms with van der Waals surface area (Å²) in [5.41, 5.74) is 12.7. The topological polar surface area (TPSA) is 24.1 Å². The summed E-state index contributed by atoms with van der Waals surface area (Å²) in [4.78, 5) is 0. The SMILES string of the molecule is CNc1ccccc1Nc1c(C)cc(-c2ccc3c(c2)C(C)(C)c2ccccc2C3(C)C)c2ccccc12. The van der Waals surface area contributed by atoms with Gasteiger partial charge in [0.1, 0.15) is 0 Å². The van der Waals surface area contributed by atoms with Gasteiger partial charge in [0.2, 0.25) is 0 Å². The molecule has 5 aromatic carbocycles. The van der Waals surface area contributed by atoms with Crippen LogP contribution in [0.1, 0.15) is 55.5 Å². The molecule has 6 rings (SSSR count). The molecule has 5 aromatic rings. The van der Waals surface area contributed by atoms with Gasteiger partial charge in [0.05, 0.1) is 11.4 Å². The van der Waals surface area contributed by atoms with Gasteiger partial charge in [-0.25, -0.2) is 0 Å². The maximum absolute atomic E-state index is 3.74. The first-order chi connectivity index (χ1) is 18.2. The Morgan fingerprint density at radius 3 is 1.79 bits per heavy atom. The lowest BCUT2D eigenvalue weighted by atomic mass is 9.60. The molecule has 2 nitrogen and oxygen atoms in total. The van der Waals surface area contributed by atoms with Gasteiger partial charge in [0, 0.05) is 29.0 Å². The van der Waals surface area contributed by atoms with Crippen molar-refractivity contribution < 1.29 is 0 Å². The minimum Gasteiger partial charge on any atom is -0.386 e. The van der Waals surface area contributed by atoms with Gasteiger partial charge in [0.15, 0.2) is 0 Å². The molecule has 0 fully saturated rings. The van der Waals surface area contributed by atoms with E-state index in [1.54, 1.807) is 0 Å². The van der Waals surface area contributed by atoms with Crippen molar-refractivity contribution in [2.24, 2.45) is 0 Å².